The highest BCUT2D eigenvalue weighted by atomic mass is 19.1. The predicted molar refractivity (Wildman–Crippen MR) is 99.9 cm³/mol. The molecule has 6 nitrogen and oxygen atoms in total. The summed E-state index contributed by atoms with van der Waals surface area (Å²) < 4.78 is 13.2. The molecule has 0 bridgehead atoms. The lowest BCUT2D eigenvalue weighted by Crippen LogP contribution is -2.23. The van der Waals surface area contributed by atoms with E-state index in [1.807, 2.05) is 6.07 Å². The molecule has 0 fully saturated rings. The van der Waals surface area contributed by atoms with Crippen LogP contribution in [-0.2, 0) is 6.54 Å². The first kappa shape index (κ1) is 16.8. The molecule has 0 saturated heterocycles. The molecule has 1 atom stereocenters. The molecule has 1 unspecified atom stereocenters. The maximum atomic E-state index is 13.2. The lowest BCUT2D eigenvalue weighted by Gasteiger charge is -2.11. The van der Waals surface area contributed by atoms with Crippen molar-refractivity contribution in [1.82, 2.24) is 15.3 Å². The Bertz CT molecular complexity index is 1050. The highest BCUT2D eigenvalue weighted by Crippen LogP contribution is 2.32. The molecular weight excluding hydrogens is 345 g/mol. The number of rotatable bonds is 4. The third kappa shape index (κ3) is 3.39. The molecule has 1 aromatic heterocycles. The first-order valence-corrected chi connectivity index (χ1v) is 8.38. The molecule has 2 aromatic carbocycles. The number of anilines is 1. The second kappa shape index (κ2) is 6.95. The van der Waals surface area contributed by atoms with Gasteiger partial charge in [0.15, 0.2) is 0 Å². The van der Waals surface area contributed by atoms with Crippen LogP contribution in [-0.4, -0.2) is 22.1 Å². The van der Waals surface area contributed by atoms with Crippen molar-refractivity contribution in [2.24, 2.45) is 4.99 Å². The van der Waals surface area contributed by atoms with Crippen LogP contribution < -0.4 is 11.1 Å². The summed E-state index contributed by atoms with van der Waals surface area (Å²) in [5, 5.41) is 2.80. The van der Waals surface area contributed by atoms with Crippen LogP contribution in [0.3, 0.4) is 0 Å². The average molecular weight is 361 g/mol. The molecule has 27 heavy (non-hydrogen) atoms. The first-order valence-electron chi connectivity index (χ1n) is 8.38. The van der Waals surface area contributed by atoms with Gasteiger partial charge in [0.1, 0.15) is 24.0 Å². The lowest BCUT2D eigenvalue weighted by atomic mass is 10.0. The molecule has 2 heterocycles. The van der Waals surface area contributed by atoms with Crippen molar-refractivity contribution < 1.29 is 9.18 Å². The minimum absolute atomic E-state index is 0.245. The van der Waals surface area contributed by atoms with Crippen LogP contribution in [0.25, 0.3) is 0 Å². The largest absolute Gasteiger partial charge is 0.383 e. The number of hydrogen-bond donors (Lipinski definition) is 2. The number of aliphatic imine (C=N–C) groups is 1. The summed E-state index contributed by atoms with van der Waals surface area (Å²) in [5.74, 6) is -0.191. The van der Waals surface area contributed by atoms with Crippen LogP contribution in [0.4, 0.5) is 10.2 Å². The number of aromatic nitrogens is 2. The van der Waals surface area contributed by atoms with E-state index in [0.717, 1.165) is 11.3 Å². The van der Waals surface area contributed by atoms with E-state index in [1.54, 1.807) is 36.5 Å². The molecule has 3 N–H and O–H groups in total. The zero-order valence-corrected chi connectivity index (χ0v) is 14.3. The van der Waals surface area contributed by atoms with Crippen LogP contribution in [0, 0.1) is 5.82 Å². The number of carbonyl (C=O) groups is 1. The number of amides is 1. The summed E-state index contributed by atoms with van der Waals surface area (Å²) in [4.78, 5) is 25.2. The highest BCUT2D eigenvalue weighted by Gasteiger charge is 2.24. The Morgan fingerprint density at radius 3 is 2.85 bits per heavy atom. The van der Waals surface area contributed by atoms with E-state index in [1.165, 1.54) is 18.5 Å². The Morgan fingerprint density at radius 2 is 2.00 bits per heavy atom. The van der Waals surface area contributed by atoms with E-state index in [2.05, 4.69) is 20.3 Å². The van der Waals surface area contributed by atoms with E-state index in [0.29, 0.717) is 22.5 Å². The Hall–Kier alpha value is -3.61. The van der Waals surface area contributed by atoms with Crippen LogP contribution in [0.2, 0.25) is 0 Å². The van der Waals surface area contributed by atoms with Crippen LogP contribution in [0.5, 0.6) is 0 Å². The zero-order chi connectivity index (χ0) is 18.8. The Balaban J connectivity index is 1.53. The van der Waals surface area contributed by atoms with Crippen molar-refractivity contribution >= 4 is 17.9 Å². The van der Waals surface area contributed by atoms with E-state index in [4.69, 9.17) is 5.73 Å². The number of fused-ring (bicyclic) bond motifs is 1. The van der Waals surface area contributed by atoms with Gasteiger partial charge in [0, 0.05) is 18.3 Å². The van der Waals surface area contributed by atoms with E-state index in [-0.39, 0.29) is 24.3 Å². The second-order valence-electron chi connectivity index (χ2n) is 6.18. The second-order valence-corrected chi connectivity index (χ2v) is 6.18. The molecule has 134 valence electrons. The van der Waals surface area contributed by atoms with Gasteiger partial charge in [-0.25, -0.2) is 14.4 Å². The molecule has 3 aromatic rings. The van der Waals surface area contributed by atoms with Crippen molar-refractivity contribution in [2.75, 3.05) is 5.73 Å². The molecule has 7 heteroatoms. The molecule has 0 spiro atoms. The number of nitrogen functional groups attached to an aromatic ring is 1. The van der Waals surface area contributed by atoms with E-state index < -0.39 is 0 Å². The van der Waals surface area contributed by atoms with Gasteiger partial charge in [-0.2, -0.15) is 0 Å². The maximum absolute atomic E-state index is 13.2. The van der Waals surface area contributed by atoms with Crippen molar-refractivity contribution in [3.05, 3.63) is 88.6 Å². The molecule has 0 aliphatic carbocycles. The minimum Gasteiger partial charge on any atom is -0.383 e. The number of benzene rings is 2. The monoisotopic (exact) mass is 361 g/mol. The Kier molecular flexibility index (Phi) is 4.33. The minimum atomic E-state index is -0.331. The summed E-state index contributed by atoms with van der Waals surface area (Å²) in [7, 11) is 0. The fourth-order valence-electron chi connectivity index (χ4n) is 3.02. The number of hydrogen-bond acceptors (Lipinski definition) is 5. The predicted octanol–water partition coefficient (Wildman–Crippen LogP) is 2.65. The van der Waals surface area contributed by atoms with Crippen LogP contribution in [0.1, 0.15) is 38.8 Å². The normalized spacial score (nSPS) is 14.8. The van der Waals surface area contributed by atoms with Gasteiger partial charge in [-0.05, 0) is 35.4 Å². The van der Waals surface area contributed by atoms with Gasteiger partial charge >= 0.3 is 0 Å². The molecule has 0 radical (unpaired) electrons. The summed E-state index contributed by atoms with van der Waals surface area (Å²) >= 11 is 0. The summed E-state index contributed by atoms with van der Waals surface area (Å²) in [5.41, 5.74) is 9.32. The maximum Gasteiger partial charge on any atom is 0.251 e. The van der Waals surface area contributed by atoms with Gasteiger partial charge in [0.2, 0.25) is 0 Å². The number of nitrogens with zero attached hydrogens (tertiary/aromatic N) is 3. The molecule has 0 saturated carbocycles. The number of halogens is 1. The third-order valence-corrected chi connectivity index (χ3v) is 4.36. The van der Waals surface area contributed by atoms with Crippen LogP contribution >= 0.6 is 0 Å². The average Bonchev–Trinajstić information content (AvgIpc) is 3.12. The van der Waals surface area contributed by atoms with Crippen molar-refractivity contribution in [2.45, 2.75) is 12.6 Å². The van der Waals surface area contributed by atoms with Crippen molar-refractivity contribution in [3.8, 4) is 0 Å². The Labute approximate surface area is 155 Å². The van der Waals surface area contributed by atoms with E-state index >= 15 is 0 Å². The van der Waals surface area contributed by atoms with Crippen molar-refractivity contribution in [3.63, 3.8) is 0 Å². The quantitative estimate of drug-likeness (QED) is 0.747. The summed E-state index contributed by atoms with van der Waals surface area (Å²) in [6.45, 7) is 0.245. The lowest BCUT2D eigenvalue weighted by molar-refractivity contribution is 0.0950. The first-order chi connectivity index (χ1) is 13.1. The number of nitrogens with one attached hydrogen (secondary N) is 1. The molecule has 1 aliphatic rings. The molecule has 1 aliphatic heterocycles. The fourth-order valence-corrected chi connectivity index (χ4v) is 3.02. The topological polar surface area (TPSA) is 93.3 Å². The van der Waals surface area contributed by atoms with Gasteiger partial charge < -0.3 is 11.1 Å². The highest BCUT2D eigenvalue weighted by molar-refractivity contribution is 5.94. The van der Waals surface area contributed by atoms with Gasteiger partial charge in [0.25, 0.3) is 5.91 Å². The summed E-state index contributed by atoms with van der Waals surface area (Å²) in [6, 6.07) is 13.0. The van der Waals surface area contributed by atoms with Crippen LogP contribution in [0.15, 0.2) is 59.9 Å². The van der Waals surface area contributed by atoms with E-state index in [9.17, 15) is 9.18 Å². The molecular formula is C20H16FN5O. The summed E-state index contributed by atoms with van der Waals surface area (Å²) in [6.07, 6.45) is 3.07. The fraction of sp³-hybridized carbons (Fsp3) is 0.100. The van der Waals surface area contributed by atoms with Crippen molar-refractivity contribution in [1.29, 1.82) is 0 Å². The number of nitrogens with two attached hydrogens (primary N) is 1. The van der Waals surface area contributed by atoms with Gasteiger partial charge in [-0.15, -0.1) is 0 Å². The smallest absolute Gasteiger partial charge is 0.251 e. The standard InChI is InChI=1S/C20H16FN5O/c21-15-6-1-3-12(7-15)9-24-20(27)14-5-2-4-13(8-14)17-18-16(10-23-17)19(22)26-11-25-18/h1-8,10-11,17H,9H2,(H,24,27)(H2,22,25,26). The van der Waals surface area contributed by atoms with Gasteiger partial charge in [0.05, 0.1) is 11.3 Å². The third-order valence-electron chi connectivity index (χ3n) is 4.36. The Morgan fingerprint density at radius 1 is 1.15 bits per heavy atom. The zero-order valence-electron chi connectivity index (χ0n) is 14.3. The molecule has 1 amide bonds. The number of carbonyl (C=O) groups excluding carboxylic acids is 1. The van der Waals surface area contributed by atoms with Gasteiger partial charge in [-0.1, -0.05) is 24.3 Å². The SMILES string of the molecule is Nc1ncnc2c1C=NC2c1cccc(C(=O)NCc2cccc(F)c2)c1. The van der Waals surface area contributed by atoms with Gasteiger partial charge in [-0.3, -0.25) is 9.79 Å². The molecule has 4 rings (SSSR count).